The minimum Gasteiger partial charge on any atom is -0.493 e. The molecule has 1 N–H and O–H groups in total. The number of thioether (sulfide) groups is 1. The van der Waals surface area contributed by atoms with Gasteiger partial charge in [-0.2, -0.15) is 0 Å². The van der Waals surface area contributed by atoms with E-state index in [9.17, 15) is 14.4 Å². The van der Waals surface area contributed by atoms with Gasteiger partial charge in [-0.3, -0.25) is 24.3 Å². The highest BCUT2D eigenvalue weighted by molar-refractivity contribution is 8.18. The highest BCUT2D eigenvalue weighted by Crippen LogP contribution is 2.34. The van der Waals surface area contributed by atoms with Gasteiger partial charge >= 0.3 is 0 Å². The van der Waals surface area contributed by atoms with Crippen LogP contribution in [0.15, 0.2) is 47.6 Å². The Hall–Kier alpha value is -3.33. The Bertz CT molecular complexity index is 962. The summed E-state index contributed by atoms with van der Waals surface area (Å²) < 4.78 is 10.4. The van der Waals surface area contributed by atoms with E-state index in [2.05, 4.69) is 10.3 Å². The third kappa shape index (κ3) is 4.75. The molecule has 0 unspecified atom stereocenters. The van der Waals surface area contributed by atoms with E-state index < -0.39 is 5.91 Å². The minimum absolute atomic E-state index is 0.0881. The van der Waals surface area contributed by atoms with Crippen LogP contribution >= 0.6 is 11.8 Å². The molecule has 0 aliphatic carbocycles. The van der Waals surface area contributed by atoms with Gasteiger partial charge in [0, 0.05) is 31.0 Å². The van der Waals surface area contributed by atoms with E-state index in [-0.39, 0.29) is 24.2 Å². The largest absolute Gasteiger partial charge is 0.493 e. The predicted octanol–water partition coefficient (Wildman–Crippen LogP) is 2.57. The van der Waals surface area contributed by atoms with Gasteiger partial charge in [-0.1, -0.05) is 6.07 Å². The third-order valence-electron chi connectivity index (χ3n) is 4.14. The molecule has 1 fully saturated rings. The number of ether oxygens (including phenoxy) is 2. The van der Waals surface area contributed by atoms with Gasteiger partial charge in [0.15, 0.2) is 11.5 Å². The number of pyridine rings is 1. The summed E-state index contributed by atoms with van der Waals surface area (Å²) in [5.74, 6) is 0.412. The molecule has 2 aromatic rings. The molecule has 150 valence electrons. The Morgan fingerprint density at radius 1 is 1.14 bits per heavy atom. The topological polar surface area (TPSA) is 97.8 Å². The predicted molar refractivity (Wildman–Crippen MR) is 109 cm³/mol. The quantitative estimate of drug-likeness (QED) is 0.697. The maximum atomic E-state index is 12.6. The number of carbonyl (C=O) groups is 3. The molecule has 1 aromatic heterocycles. The molecular weight excluding hydrogens is 394 g/mol. The third-order valence-corrected chi connectivity index (χ3v) is 5.05. The van der Waals surface area contributed by atoms with Crippen LogP contribution in [-0.4, -0.2) is 54.2 Å². The van der Waals surface area contributed by atoms with Crippen LogP contribution in [0.4, 0.5) is 4.79 Å². The lowest BCUT2D eigenvalue weighted by Crippen LogP contribution is -2.37. The van der Waals surface area contributed by atoms with Crippen molar-refractivity contribution >= 4 is 34.9 Å². The average Bonchev–Trinajstić information content (AvgIpc) is 3.01. The Kier molecular flexibility index (Phi) is 6.50. The van der Waals surface area contributed by atoms with Crippen LogP contribution in [0.5, 0.6) is 11.5 Å². The summed E-state index contributed by atoms with van der Waals surface area (Å²) in [4.78, 5) is 42.1. The molecule has 3 rings (SSSR count). The van der Waals surface area contributed by atoms with Gasteiger partial charge in [0.2, 0.25) is 0 Å². The van der Waals surface area contributed by atoms with Crippen molar-refractivity contribution in [2.45, 2.75) is 0 Å². The fraction of sp³-hybridized carbons (Fsp3) is 0.200. The lowest BCUT2D eigenvalue weighted by molar-refractivity contribution is -0.122. The Labute approximate surface area is 171 Å². The second kappa shape index (κ2) is 9.24. The number of hydrogen-bond donors (Lipinski definition) is 1. The van der Waals surface area contributed by atoms with E-state index in [1.54, 1.807) is 36.4 Å². The molecule has 1 aliphatic heterocycles. The van der Waals surface area contributed by atoms with E-state index in [1.165, 1.54) is 26.6 Å². The number of aromatic nitrogens is 1. The fourth-order valence-electron chi connectivity index (χ4n) is 2.67. The molecule has 0 atom stereocenters. The van der Waals surface area contributed by atoms with E-state index in [4.69, 9.17) is 9.47 Å². The van der Waals surface area contributed by atoms with E-state index in [1.807, 2.05) is 0 Å². The Balaban J connectivity index is 1.63. The molecule has 1 aliphatic rings. The summed E-state index contributed by atoms with van der Waals surface area (Å²) in [6.07, 6.45) is 4.66. The van der Waals surface area contributed by atoms with Gasteiger partial charge in [-0.05, 0) is 47.7 Å². The number of carbonyl (C=O) groups excluding carboxylic acids is 3. The van der Waals surface area contributed by atoms with Crippen LogP contribution in [0.25, 0.3) is 6.08 Å². The second-order valence-corrected chi connectivity index (χ2v) is 6.93. The van der Waals surface area contributed by atoms with Crippen molar-refractivity contribution in [1.82, 2.24) is 15.2 Å². The minimum atomic E-state index is -0.395. The maximum Gasteiger partial charge on any atom is 0.293 e. The first kappa shape index (κ1) is 20.4. The van der Waals surface area contributed by atoms with Gasteiger partial charge in [-0.25, -0.2) is 0 Å². The number of nitrogens with one attached hydrogen (secondary N) is 1. The lowest BCUT2D eigenvalue weighted by Gasteiger charge is -2.13. The first-order valence-electron chi connectivity index (χ1n) is 8.69. The van der Waals surface area contributed by atoms with Crippen LogP contribution in [0.2, 0.25) is 0 Å². The van der Waals surface area contributed by atoms with Gasteiger partial charge in [-0.15, -0.1) is 0 Å². The van der Waals surface area contributed by atoms with Crippen molar-refractivity contribution in [3.05, 3.63) is 58.8 Å². The lowest BCUT2D eigenvalue weighted by atomic mass is 10.2. The van der Waals surface area contributed by atoms with E-state index in [0.29, 0.717) is 27.5 Å². The summed E-state index contributed by atoms with van der Waals surface area (Å²) in [6, 6.07) is 8.39. The number of hydrogen-bond acceptors (Lipinski definition) is 7. The van der Waals surface area contributed by atoms with Crippen LogP contribution in [0.3, 0.4) is 0 Å². The van der Waals surface area contributed by atoms with Crippen molar-refractivity contribution in [2.24, 2.45) is 0 Å². The number of benzene rings is 1. The normalized spacial score (nSPS) is 15.0. The van der Waals surface area contributed by atoms with Gasteiger partial charge in [0.1, 0.15) is 0 Å². The zero-order valence-electron chi connectivity index (χ0n) is 15.9. The molecule has 2 heterocycles. The summed E-state index contributed by atoms with van der Waals surface area (Å²) in [5.41, 5.74) is 1.17. The standard InChI is InChI=1S/C20H19N3O5S/c1-27-15-4-3-13(11-16(15)28-2)12-17-19(25)23(20(26)29-17)10-9-22-18(24)14-5-7-21-8-6-14/h3-8,11-12H,9-10H2,1-2H3,(H,22,24)/b17-12+. The summed E-state index contributed by atoms with van der Waals surface area (Å²) in [7, 11) is 3.06. The SMILES string of the molecule is COc1ccc(/C=C2/SC(=O)N(CCNC(=O)c3ccncc3)C2=O)cc1OC. The highest BCUT2D eigenvalue weighted by atomic mass is 32.2. The summed E-state index contributed by atoms with van der Waals surface area (Å²) in [6.45, 7) is 0.244. The number of rotatable bonds is 7. The average molecular weight is 413 g/mol. The molecule has 0 radical (unpaired) electrons. The highest BCUT2D eigenvalue weighted by Gasteiger charge is 2.34. The van der Waals surface area contributed by atoms with Crippen LogP contribution in [0.1, 0.15) is 15.9 Å². The monoisotopic (exact) mass is 413 g/mol. The van der Waals surface area contributed by atoms with Crippen LogP contribution in [0, 0.1) is 0 Å². The smallest absolute Gasteiger partial charge is 0.293 e. The number of nitrogens with zero attached hydrogens (tertiary/aromatic N) is 2. The molecule has 9 heteroatoms. The molecule has 1 saturated heterocycles. The fourth-order valence-corrected chi connectivity index (χ4v) is 3.54. The molecule has 0 bridgehead atoms. The zero-order valence-corrected chi connectivity index (χ0v) is 16.7. The van der Waals surface area contributed by atoms with E-state index >= 15 is 0 Å². The second-order valence-electron chi connectivity index (χ2n) is 5.94. The molecule has 1 aromatic carbocycles. The molecular formula is C20H19N3O5S. The number of amides is 3. The van der Waals surface area contributed by atoms with Gasteiger partial charge in [0.25, 0.3) is 17.1 Å². The van der Waals surface area contributed by atoms with Crippen molar-refractivity contribution in [3.63, 3.8) is 0 Å². The first-order valence-corrected chi connectivity index (χ1v) is 9.50. The van der Waals surface area contributed by atoms with Crippen LogP contribution in [-0.2, 0) is 4.79 Å². The van der Waals surface area contributed by atoms with Crippen molar-refractivity contribution in [2.75, 3.05) is 27.3 Å². The number of methoxy groups -OCH3 is 2. The van der Waals surface area contributed by atoms with E-state index in [0.717, 1.165) is 16.7 Å². The van der Waals surface area contributed by atoms with Gasteiger partial charge < -0.3 is 14.8 Å². The summed E-state index contributed by atoms with van der Waals surface area (Å²) >= 11 is 0.861. The van der Waals surface area contributed by atoms with Crippen molar-refractivity contribution < 1.29 is 23.9 Å². The zero-order chi connectivity index (χ0) is 20.8. The summed E-state index contributed by atoms with van der Waals surface area (Å²) in [5, 5.41) is 2.31. The Morgan fingerprint density at radius 2 is 1.86 bits per heavy atom. The van der Waals surface area contributed by atoms with Gasteiger partial charge in [0.05, 0.1) is 19.1 Å². The molecule has 0 spiro atoms. The van der Waals surface area contributed by atoms with Crippen molar-refractivity contribution in [3.8, 4) is 11.5 Å². The molecule has 3 amide bonds. The molecule has 8 nitrogen and oxygen atoms in total. The first-order chi connectivity index (χ1) is 14.0. The maximum absolute atomic E-state index is 12.6. The van der Waals surface area contributed by atoms with Crippen molar-refractivity contribution in [1.29, 1.82) is 0 Å². The Morgan fingerprint density at radius 3 is 2.55 bits per heavy atom. The molecule has 0 saturated carbocycles. The van der Waals surface area contributed by atoms with Crippen LogP contribution < -0.4 is 14.8 Å². The molecule has 29 heavy (non-hydrogen) atoms. The number of imide groups is 1.